The zero-order valence-electron chi connectivity index (χ0n) is 10.5. The largest absolute Gasteiger partial charge is 0.381 e. The molecule has 17 heavy (non-hydrogen) atoms. The summed E-state index contributed by atoms with van der Waals surface area (Å²) in [6.45, 7) is 9.17. The van der Waals surface area contributed by atoms with E-state index in [1.54, 1.807) is 0 Å². The highest BCUT2D eigenvalue weighted by Gasteiger charge is 2.01. The van der Waals surface area contributed by atoms with Gasteiger partial charge in [-0.25, -0.2) is 0 Å². The van der Waals surface area contributed by atoms with Crippen LogP contribution in [0.15, 0.2) is 42.5 Å². The van der Waals surface area contributed by atoms with Gasteiger partial charge in [-0.2, -0.15) is 0 Å². The minimum atomic E-state index is 0.847. The molecular weight excluding hydrogens is 206 g/mol. The first-order valence-electron chi connectivity index (χ1n) is 5.88. The van der Waals surface area contributed by atoms with Gasteiger partial charge in [-0.05, 0) is 49.1 Å². The molecule has 0 atom stereocenters. The summed E-state index contributed by atoms with van der Waals surface area (Å²) in [5.74, 6) is 0. The van der Waals surface area contributed by atoms with E-state index in [0.717, 1.165) is 17.8 Å². The Labute approximate surface area is 103 Å². The molecule has 1 heteroatoms. The van der Waals surface area contributed by atoms with Crippen molar-refractivity contribution >= 4 is 5.69 Å². The lowest BCUT2D eigenvalue weighted by Gasteiger charge is -2.12. The fourth-order valence-corrected chi connectivity index (χ4v) is 1.89. The molecule has 0 aromatic heterocycles. The molecule has 2 aromatic rings. The minimum absolute atomic E-state index is 0.847. The van der Waals surface area contributed by atoms with Crippen molar-refractivity contribution in [2.45, 2.75) is 20.4 Å². The molecule has 0 aliphatic carbocycles. The van der Waals surface area contributed by atoms with Crippen LogP contribution in [0.4, 0.5) is 5.69 Å². The van der Waals surface area contributed by atoms with Crippen LogP contribution in [-0.2, 0) is 6.54 Å². The topological polar surface area (TPSA) is 12.0 Å². The van der Waals surface area contributed by atoms with Crippen LogP contribution in [0.25, 0.3) is 0 Å². The highest BCUT2D eigenvalue weighted by atomic mass is 14.9. The van der Waals surface area contributed by atoms with Crippen molar-refractivity contribution in [3.8, 4) is 0 Å². The van der Waals surface area contributed by atoms with Gasteiger partial charge in [0.25, 0.3) is 0 Å². The maximum Gasteiger partial charge on any atom is 0.0403 e. The fourth-order valence-electron chi connectivity index (χ4n) is 1.89. The van der Waals surface area contributed by atoms with Gasteiger partial charge in [-0.3, -0.25) is 0 Å². The van der Waals surface area contributed by atoms with E-state index in [1.165, 1.54) is 16.7 Å². The van der Waals surface area contributed by atoms with Gasteiger partial charge in [-0.15, -0.1) is 0 Å². The standard InChI is InChI=1S/C16H18N/c1-12-8-6-9-15(14(12)3)11-17-16-10-5-4-7-13(16)2/h4-10,17H,2,11H2,1,3H3. The Kier molecular flexibility index (Phi) is 3.48. The van der Waals surface area contributed by atoms with Crippen LogP contribution in [0, 0.1) is 20.8 Å². The molecule has 0 heterocycles. The van der Waals surface area contributed by atoms with Crippen LogP contribution in [0.2, 0.25) is 0 Å². The van der Waals surface area contributed by atoms with Gasteiger partial charge in [0, 0.05) is 12.2 Å². The molecule has 0 aliphatic rings. The van der Waals surface area contributed by atoms with E-state index < -0.39 is 0 Å². The first-order chi connectivity index (χ1) is 8.18. The third kappa shape index (κ3) is 2.68. The van der Waals surface area contributed by atoms with Crippen molar-refractivity contribution in [2.75, 3.05) is 5.32 Å². The summed E-state index contributed by atoms with van der Waals surface area (Å²) in [7, 11) is 0. The maximum absolute atomic E-state index is 4.01. The molecule has 2 aromatic carbocycles. The molecule has 2 rings (SSSR count). The number of hydrogen-bond acceptors (Lipinski definition) is 1. The van der Waals surface area contributed by atoms with Gasteiger partial charge < -0.3 is 5.32 Å². The highest BCUT2D eigenvalue weighted by Crippen LogP contribution is 2.17. The van der Waals surface area contributed by atoms with Crippen molar-refractivity contribution in [2.24, 2.45) is 0 Å². The summed E-state index contributed by atoms with van der Waals surface area (Å²) >= 11 is 0. The minimum Gasteiger partial charge on any atom is -0.381 e. The van der Waals surface area contributed by atoms with Crippen molar-refractivity contribution in [1.29, 1.82) is 0 Å². The highest BCUT2D eigenvalue weighted by molar-refractivity contribution is 5.53. The Bertz CT molecular complexity index is 515. The molecule has 1 nitrogen and oxygen atoms in total. The predicted octanol–water partition coefficient (Wildman–Crippen LogP) is 4.10. The van der Waals surface area contributed by atoms with E-state index in [4.69, 9.17) is 0 Å². The number of para-hydroxylation sites is 1. The number of nitrogens with one attached hydrogen (secondary N) is 1. The van der Waals surface area contributed by atoms with E-state index in [1.807, 2.05) is 18.2 Å². The Morgan fingerprint density at radius 3 is 2.53 bits per heavy atom. The van der Waals surface area contributed by atoms with Crippen molar-refractivity contribution < 1.29 is 0 Å². The van der Waals surface area contributed by atoms with Crippen LogP contribution >= 0.6 is 0 Å². The molecule has 87 valence electrons. The summed E-state index contributed by atoms with van der Waals surface area (Å²) < 4.78 is 0. The summed E-state index contributed by atoms with van der Waals surface area (Å²) in [5.41, 5.74) is 6.19. The Morgan fingerprint density at radius 2 is 1.76 bits per heavy atom. The molecule has 0 fully saturated rings. The first kappa shape index (κ1) is 11.7. The van der Waals surface area contributed by atoms with Gasteiger partial charge in [0.15, 0.2) is 0 Å². The molecule has 0 saturated heterocycles. The van der Waals surface area contributed by atoms with E-state index in [9.17, 15) is 0 Å². The second-order valence-electron chi connectivity index (χ2n) is 4.37. The zero-order valence-corrected chi connectivity index (χ0v) is 10.5. The van der Waals surface area contributed by atoms with E-state index in [0.29, 0.717) is 0 Å². The number of aryl methyl sites for hydroxylation is 1. The maximum atomic E-state index is 4.01. The van der Waals surface area contributed by atoms with Crippen LogP contribution < -0.4 is 5.32 Å². The van der Waals surface area contributed by atoms with Gasteiger partial charge in [0.1, 0.15) is 0 Å². The molecule has 1 radical (unpaired) electrons. The third-order valence-corrected chi connectivity index (χ3v) is 3.20. The summed E-state index contributed by atoms with van der Waals surface area (Å²) in [4.78, 5) is 0. The summed E-state index contributed by atoms with van der Waals surface area (Å²) in [6, 6.07) is 14.5. The van der Waals surface area contributed by atoms with Crippen molar-refractivity contribution in [1.82, 2.24) is 0 Å². The van der Waals surface area contributed by atoms with Crippen LogP contribution in [0.3, 0.4) is 0 Å². The molecular formula is C16H18N. The molecule has 1 N–H and O–H groups in total. The zero-order chi connectivity index (χ0) is 12.3. The fraction of sp³-hybridized carbons (Fsp3) is 0.188. The molecule has 0 aliphatic heterocycles. The lowest BCUT2D eigenvalue weighted by Crippen LogP contribution is -2.03. The number of benzene rings is 2. The van der Waals surface area contributed by atoms with E-state index in [2.05, 4.69) is 50.4 Å². The van der Waals surface area contributed by atoms with Gasteiger partial charge >= 0.3 is 0 Å². The normalized spacial score (nSPS) is 10.3. The third-order valence-electron chi connectivity index (χ3n) is 3.20. The SMILES string of the molecule is [CH2]c1ccccc1NCc1cccc(C)c1C. The van der Waals surface area contributed by atoms with Gasteiger partial charge in [0.2, 0.25) is 0 Å². The smallest absolute Gasteiger partial charge is 0.0403 e. The second kappa shape index (κ2) is 5.05. The average Bonchev–Trinajstić information content (AvgIpc) is 2.33. The summed E-state index contributed by atoms with van der Waals surface area (Å²) in [5, 5.41) is 3.43. The number of rotatable bonds is 3. The Balaban J connectivity index is 2.13. The van der Waals surface area contributed by atoms with Crippen molar-refractivity contribution in [3.05, 3.63) is 71.6 Å². The lowest BCUT2D eigenvalue weighted by atomic mass is 10.0. The quantitative estimate of drug-likeness (QED) is 0.827. The average molecular weight is 224 g/mol. The van der Waals surface area contributed by atoms with Crippen molar-refractivity contribution in [3.63, 3.8) is 0 Å². The van der Waals surface area contributed by atoms with Crippen LogP contribution in [-0.4, -0.2) is 0 Å². The van der Waals surface area contributed by atoms with E-state index >= 15 is 0 Å². The van der Waals surface area contributed by atoms with Gasteiger partial charge in [-0.1, -0.05) is 36.4 Å². The second-order valence-corrected chi connectivity index (χ2v) is 4.37. The molecule has 0 bridgehead atoms. The molecule has 0 spiro atoms. The first-order valence-corrected chi connectivity index (χ1v) is 5.88. The lowest BCUT2D eigenvalue weighted by molar-refractivity contribution is 1.10. The Hall–Kier alpha value is -1.76. The number of anilines is 1. The Morgan fingerprint density at radius 1 is 1.00 bits per heavy atom. The molecule has 0 saturated carbocycles. The number of hydrogen-bond donors (Lipinski definition) is 1. The van der Waals surface area contributed by atoms with Gasteiger partial charge in [0.05, 0.1) is 0 Å². The van der Waals surface area contributed by atoms with E-state index in [-0.39, 0.29) is 0 Å². The van der Waals surface area contributed by atoms with Crippen LogP contribution in [0.1, 0.15) is 22.3 Å². The molecule has 0 unspecified atom stereocenters. The predicted molar refractivity (Wildman–Crippen MR) is 74.1 cm³/mol. The monoisotopic (exact) mass is 224 g/mol. The molecule has 0 amide bonds. The summed E-state index contributed by atoms with van der Waals surface area (Å²) in [6.07, 6.45) is 0. The van der Waals surface area contributed by atoms with Crippen LogP contribution in [0.5, 0.6) is 0 Å².